The average Bonchev–Trinajstić information content (AvgIpc) is 3.89. The first-order valence-corrected chi connectivity index (χ1v) is 22.0. The quantitative estimate of drug-likeness (QED) is 0.177. The smallest absolute Gasteiger partial charge is 0.140 e. The minimum Gasteiger partial charge on any atom is -0.455 e. The average molecular weight is 786 g/mol. The van der Waals surface area contributed by atoms with Crippen molar-refractivity contribution in [3.05, 3.63) is 161 Å². The van der Waals surface area contributed by atoms with Crippen LogP contribution >= 0.6 is 11.3 Å². The van der Waals surface area contributed by atoms with E-state index in [4.69, 9.17) is 4.42 Å². The molecule has 0 atom stereocenters. The van der Waals surface area contributed by atoms with Gasteiger partial charge in [0.05, 0.1) is 5.69 Å². The predicted octanol–water partition coefficient (Wildman–Crippen LogP) is 16.6. The molecule has 0 unspecified atom stereocenters. The summed E-state index contributed by atoms with van der Waals surface area (Å²) in [5.74, 6) is 0. The van der Waals surface area contributed by atoms with Gasteiger partial charge in [0, 0.05) is 69.8 Å². The number of fused-ring (bicyclic) bond motifs is 13. The topological polar surface area (TPSA) is 16.4 Å². The monoisotopic (exact) mass is 785 g/mol. The van der Waals surface area contributed by atoms with E-state index >= 15 is 0 Å². The zero-order valence-corrected chi connectivity index (χ0v) is 36.7. The van der Waals surface area contributed by atoms with Gasteiger partial charge in [-0.3, -0.25) is 0 Å². The molecule has 9 aromatic rings. The van der Waals surface area contributed by atoms with E-state index in [2.05, 4.69) is 202 Å². The van der Waals surface area contributed by atoms with E-state index < -0.39 is 0 Å². The summed E-state index contributed by atoms with van der Waals surface area (Å²) in [5.41, 5.74) is 18.2. The molecular formula is C56H51NOS. The first-order chi connectivity index (χ1) is 28.0. The van der Waals surface area contributed by atoms with Crippen LogP contribution in [0.25, 0.3) is 64.4 Å². The summed E-state index contributed by atoms with van der Waals surface area (Å²) < 4.78 is 9.84. The van der Waals surface area contributed by atoms with Gasteiger partial charge in [0.1, 0.15) is 11.2 Å². The van der Waals surface area contributed by atoms with Crippen molar-refractivity contribution in [1.29, 1.82) is 0 Å². The van der Waals surface area contributed by atoms with Gasteiger partial charge in [-0.1, -0.05) is 148 Å². The van der Waals surface area contributed by atoms with Gasteiger partial charge in [-0.25, -0.2) is 0 Å². The highest BCUT2D eigenvalue weighted by molar-refractivity contribution is 7.25. The van der Waals surface area contributed by atoms with E-state index in [1.165, 1.54) is 98.0 Å². The van der Waals surface area contributed by atoms with Crippen molar-refractivity contribution in [2.45, 2.75) is 90.9 Å². The van der Waals surface area contributed by atoms with Crippen LogP contribution in [0.3, 0.4) is 0 Å². The molecule has 2 aliphatic carbocycles. The molecule has 3 heteroatoms. The second-order valence-corrected chi connectivity index (χ2v) is 21.3. The lowest BCUT2D eigenvalue weighted by Gasteiger charge is -2.30. The zero-order chi connectivity index (χ0) is 41.0. The number of thiophene rings is 1. The maximum Gasteiger partial charge on any atom is 0.140 e. The van der Waals surface area contributed by atoms with Crippen LogP contribution in [0.4, 0.5) is 17.1 Å². The molecule has 292 valence electrons. The molecule has 0 fully saturated rings. The molecule has 2 nitrogen and oxygen atoms in total. The molecule has 0 bridgehead atoms. The van der Waals surface area contributed by atoms with Gasteiger partial charge in [-0.05, 0) is 98.3 Å². The summed E-state index contributed by atoms with van der Waals surface area (Å²) in [7, 11) is 0. The maximum absolute atomic E-state index is 7.23. The van der Waals surface area contributed by atoms with Gasteiger partial charge in [0.2, 0.25) is 0 Å². The maximum atomic E-state index is 7.23. The summed E-state index contributed by atoms with van der Waals surface area (Å²) in [6, 6.07) is 48.4. The molecule has 7 aromatic carbocycles. The number of hydrogen-bond donors (Lipinski definition) is 0. The third-order valence-electron chi connectivity index (χ3n) is 13.7. The third kappa shape index (κ3) is 5.10. The van der Waals surface area contributed by atoms with Crippen LogP contribution in [0.2, 0.25) is 0 Å². The van der Waals surface area contributed by atoms with E-state index in [0.29, 0.717) is 0 Å². The van der Waals surface area contributed by atoms with Gasteiger partial charge in [-0.15, -0.1) is 11.3 Å². The highest BCUT2D eigenvalue weighted by Crippen LogP contribution is 2.58. The Labute approximate surface area is 352 Å². The number of hydrogen-bond acceptors (Lipinski definition) is 3. The summed E-state index contributed by atoms with van der Waals surface area (Å²) in [6.07, 6.45) is 0. The van der Waals surface area contributed by atoms with E-state index in [1.54, 1.807) is 0 Å². The molecule has 2 aliphatic rings. The molecule has 2 heterocycles. The van der Waals surface area contributed by atoms with Crippen molar-refractivity contribution in [3.63, 3.8) is 0 Å². The fraction of sp³-hybridized carbons (Fsp3) is 0.250. The molecule has 11 rings (SSSR count). The number of furan rings is 1. The minimum atomic E-state index is -0.300. The van der Waals surface area contributed by atoms with Crippen LogP contribution in [-0.2, 0) is 21.7 Å². The summed E-state index contributed by atoms with van der Waals surface area (Å²) in [5, 5.41) is 5.04. The number of benzene rings is 7. The Morgan fingerprint density at radius 1 is 0.492 bits per heavy atom. The van der Waals surface area contributed by atoms with Crippen LogP contribution in [0.1, 0.15) is 103 Å². The number of nitrogens with zero attached hydrogens (tertiary/aromatic N) is 1. The van der Waals surface area contributed by atoms with Gasteiger partial charge in [0.25, 0.3) is 0 Å². The normalized spacial score (nSPS) is 15.2. The molecule has 0 N–H and O–H groups in total. The summed E-state index contributed by atoms with van der Waals surface area (Å²) >= 11 is 1.88. The lowest BCUT2D eigenvalue weighted by atomic mass is 9.79. The van der Waals surface area contributed by atoms with E-state index in [9.17, 15) is 0 Å². The highest BCUT2D eigenvalue weighted by atomic mass is 32.1. The summed E-state index contributed by atoms with van der Waals surface area (Å²) in [6.45, 7) is 23.4. The van der Waals surface area contributed by atoms with Crippen molar-refractivity contribution in [1.82, 2.24) is 0 Å². The first kappa shape index (κ1) is 36.4. The highest BCUT2D eigenvalue weighted by Gasteiger charge is 2.42. The van der Waals surface area contributed by atoms with Gasteiger partial charge >= 0.3 is 0 Å². The van der Waals surface area contributed by atoms with E-state index in [0.717, 1.165) is 16.9 Å². The van der Waals surface area contributed by atoms with Gasteiger partial charge < -0.3 is 9.32 Å². The summed E-state index contributed by atoms with van der Waals surface area (Å²) in [4.78, 5) is 2.53. The standard InChI is InChI=1S/C56H51NOS/c1-53(2,3)32-28-41-39-26-27-40-49-43(56(9,10)50(40)52(39)58-51(41)45(29-32)54(4,5)6)19-15-20-46(49)57(34-23-25-38-37-17-12-14-21-47(37)59-48(38)31-34)33-22-24-36-35-16-11-13-18-42(35)55(7,8)44(36)30-33/h11-31H,1-10H3. The molecule has 0 saturated heterocycles. The van der Waals surface area contributed by atoms with Gasteiger partial charge in [-0.2, -0.15) is 0 Å². The first-order valence-electron chi connectivity index (χ1n) is 21.2. The second kappa shape index (κ2) is 12.0. The van der Waals surface area contributed by atoms with Gasteiger partial charge in [0.15, 0.2) is 0 Å². The Kier molecular flexibility index (Phi) is 7.40. The molecule has 0 saturated carbocycles. The number of rotatable bonds is 3. The van der Waals surface area contributed by atoms with Crippen molar-refractivity contribution < 1.29 is 4.42 Å². The lowest BCUT2D eigenvalue weighted by molar-refractivity contribution is 0.556. The molecule has 0 amide bonds. The van der Waals surface area contributed by atoms with E-state index in [-0.39, 0.29) is 21.7 Å². The third-order valence-corrected chi connectivity index (χ3v) is 14.8. The van der Waals surface area contributed by atoms with Crippen molar-refractivity contribution in [2.75, 3.05) is 4.90 Å². The Morgan fingerprint density at radius 2 is 1.15 bits per heavy atom. The van der Waals surface area contributed by atoms with Crippen LogP contribution in [0.15, 0.2) is 132 Å². The second-order valence-electron chi connectivity index (χ2n) is 20.2. The van der Waals surface area contributed by atoms with E-state index in [1.807, 2.05) is 11.3 Å². The zero-order valence-electron chi connectivity index (χ0n) is 35.9. The van der Waals surface area contributed by atoms with Crippen molar-refractivity contribution in [3.8, 4) is 22.3 Å². The van der Waals surface area contributed by atoms with Crippen LogP contribution < -0.4 is 4.90 Å². The SMILES string of the molecule is CC(C)(C)c1cc(C(C)(C)C)c2oc3c4c(ccc3c2c1)-c1c(N(c2ccc3c(c2)C(C)(C)c2ccccc2-3)c2ccc3c(c2)sc2ccccc23)cccc1C4(C)C. The molecule has 0 aliphatic heterocycles. The Hall–Kier alpha value is -5.64. The van der Waals surface area contributed by atoms with Crippen molar-refractivity contribution >= 4 is 70.5 Å². The van der Waals surface area contributed by atoms with Crippen LogP contribution in [-0.4, -0.2) is 0 Å². The van der Waals surface area contributed by atoms with Crippen LogP contribution in [0, 0.1) is 0 Å². The minimum absolute atomic E-state index is 0.0107. The molecule has 0 radical (unpaired) electrons. The molecule has 0 spiro atoms. The predicted molar refractivity (Wildman–Crippen MR) is 254 cm³/mol. The molecule has 2 aromatic heterocycles. The Morgan fingerprint density at radius 3 is 1.95 bits per heavy atom. The molecule has 59 heavy (non-hydrogen) atoms. The number of anilines is 3. The molecular weight excluding hydrogens is 735 g/mol. The fourth-order valence-corrected chi connectivity index (χ4v) is 11.7. The van der Waals surface area contributed by atoms with Crippen molar-refractivity contribution in [2.24, 2.45) is 0 Å². The lowest BCUT2D eigenvalue weighted by Crippen LogP contribution is -2.17. The Balaban J connectivity index is 1.18. The van der Waals surface area contributed by atoms with Crippen LogP contribution in [0.5, 0.6) is 0 Å². The Bertz CT molecular complexity index is 3240. The fourth-order valence-electron chi connectivity index (χ4n) is 10.5. The largest absolute Gasteiger partial charge is 0.455 e.